The first kappa shape index (κ1) is 51.0. The van der Waals surface area contributed by atoms with Gasteiger partial charge in [0.15, 0.2) is 0 Å². The van der Waals surface area contributed by atoms with E-state index in [2.05, 4.69) is 40.9 Å². The lowest BCUT2D eigenvalue weighted by Crippen LogP contribution is -2.43. The second-order valence-electron chi connectivity index (χ2n) is 16.7. The van der Waals surface area contributed by atoms with Gasteiger partial charge in [-0.3, -0.25) is 24.7 Å². The third kappa shape index (κ3) is 13.4. The number of aromatic nitrogens is 2. The van der Waals surface area contributed by atoms with E-state index in [0.717, 1.165) is 50.1 Å². The van der Waals surface area contributed by atoms with Crippen molar-refractivity contribution < 1.29 is 39.1 Å². The van der Waals surface area contributed by atoms with Crippen molar-refractivity contribution >= 4 is 41.6 Å². The van der Waals surface area contributed by atoms with E-state index in [4.69, 9.17) is 47.6 Å². The van der Waals surface area contributed by atoms with Crippen LogP contribution in [0.1, 0.15) is 75.9 Å². The topological polar surface area (TPSA) is 180 Å². The normalized spacial score (nSPS) is 11.9. The second-order valence-corrected chi connectivity index (χ2v) is 17.6. The van der Waals surface area contributed by atoms with Gasteiger partial charge in [-0.25, -0.2) is 0 Å². The maximum Gasteiger partial charge on any atom is 0.321 e. The number of pyridine rings is 2. The van der Waals surface area contributed by atoms with Crippen molar-refractivity contribution in [3.8, 4) is 34.1 Å². The standard InChI is InChI=1S/C53H57Cl2N5O8/c1-33(2)26-60(48(12-13-61)53(63)64)27-42-16-46(54)51(18-49(42)65-29-38-14-36(20-56)22-58-24-38)67-31-40-8-6-10-44(34(40)3)45-11-7-9-41(35(45)4)32-68-52-19-50(43(28-62)17-47(52)55)66-30-39-15-37(21-57-5)23-59-25-39/h6-11,14-25,33,48,56,61-62H,12-13,26-32H2,1-5H3,(H,63,64)/b56-20?,57-21+. The Kier molecular flexibility index (Phi) is 18.5. The first-order valence-electron chi connectivity index (χ1n) is 22.1. The van der Waals surface area contributed by atoms with Gasteiger partial charge in [-0.1, -0.05) is 73.4 Å². The fraction of sp³-hybridized carbons (Fsp3) is 0.302. The highest BCUT2D eigenvalue weighted by Gasteiger charge is 2.28. The van der Waals surface area contributed by atoms with E-state index in [1.165, 1.54) is 6.21 Å². The summed E-state index contributed by atoms with van der Waals surface area (Å²) < 4.78 is 25.3. The maximum atomic E-state index is 12.4. The number of aliphatic hydroxyl groups excluding tert-OH is 2. The summed E-state index contributed by atoms with van der Waals surface area (Å²) in [7, 11) is 1.70. The fourth-order valence-electron chi connectivity index (χ4n) is 7.83. The number of benzene rings is 4. The zero-order chi connectivity index (χ0) is 48.7. The van der Waals surface area contributed by atoms with Crippen molar-refractivity contribution in [2.75, 3.05) is 20.2 Å². The molecule has 1 atom stereocenters. The number of hydrogen-bond acceptors (Lipinski definition) is 12. The molecule has 1 unspecified atom stereocenters. The summed E-state index contributed by atoms with van der Waals surface area (Å²) in [6.45, 7) is 8.96. The van der Waals surface area contributed by atoms with Crippen LogP contribution in [0.15, 0.2) is 103 Å². The molecule has 0 amide bonds. The lowest BCUT2D eigenvalue weighted by atomic mass is 9.92. The molecule has 68 heavy (non-hydrogen) atoms. The van der Waals surface area contributed by atoms with E-state index in [1.807, 2.05) is 55.1 Å². The Morgan fingerprint density at radius 3 is 1.74 bits per heavy atom. The summed E-state index contributed by atoms with van der Waals surface area (Å²) in [5.41, 5.74) is 10.2. The van der Waals surface area contributed by atoms with Crippen LogP contribution < -0.4 is 18.9 Å². The Morgan fingerprint density at radius 1 is 0.721 bits per heavy atom. The second kappa shape index (κ2) is 24.6. The van der Waals surface area contributed by atoms with Crippen molar-refractivity contribution in [1.82, 2.24) is 14.9 Å². The van der Waals surface area contributed by atoms with Gasteiger partial charge in [-0.2, -0.15) is 0 Å². The molecule has 13 nitrogen and oxygen atoms in total. The summed E-state index contributed by atoms with van der Waals surface area (Å²) >= 11 is 13.6. The minimum atomic E-state index is -1.03. The van der Waals surface area contributed by atoms with Crippen molar-refractivity contribution in [1.29, 1.82) is 5.41 Å². The van der Waals surface area contributed by atoms with Crippen LogP contribution in [0.2, 0.25) is 10.0 Å². The highest BCUT2D eigenvalue weighted by molar-refractivity contribution is 6.32. The molecule has 0 fully saturated rings. The molecule has 0 bridgehead atoms. The van der Waals surface area contributed by atoms with Crippen LogP contribution >= 0.6 is 23.2 Å². The van der Waals surface area contributed by atoms with Crippen molar-refractivity contribution in [3.05, 3.63) is 163 Å². The molecule has 0 aliphatic carbocycles. The number of aliphatic imine (C=N–C) groups is 1. The van der Waals surface area contributed by atoms with Crippen LogP contribution in [0.25, 0.3) is 11.1 Å². The summed E-state index contributed by atoms with van der Waals surface area (Å²) in [6, 6.07) is 21.8. The van der Waals surface area contributed by atoms with Gasteiger partial charge in [0, 0.05) is 109 Å². The smallest absolute Gasteiger partial charge is 0.321 e. The van der Waals surface area contributed by atoms with Crippen LogP contribution in [-0.4, -0.2) is 74.8 Å². The summed E-state index contributed by atoms with van der Waals surface area (Å²) in [4.78, 5) is 26.8. The molecule has 4 aromatic carbocycles. The Morgan fingerprint density at radius 2 is 1.24 bits per heavy atom. The molecule has 6 aromatic rings. The highest BCUT2D eigenvalue weighted by Crippen LogP contribution is 2.38. The highest BCUT2D eigenvalue weighted by atomic mass is 35.5. The number of nitrogens with zero attached hydrogens (tertiary/aromatic N) is 4. The van der Waals surface area contributed by atoms with Crippen molar-refractivity contribution in [3.63, 3.8) is 0 Å². The van der Waals surface area contributed by atoms with Crippen LogP contribution in [0.3, 0.4) is 0 Å². The van der Waals surface area contributed by atoms with Gasteiger partial charge in [0.25, 0.3) is 0 Å². The summed E-state index contributed by atoms with van der Waals surface area (Å²) in [5.74, 6) is 0.795. The molecule has 0 radical (unpaired) electrons. The van der Waals surface area contributed by atoms with Crippen molar-refractivity contribution in [2.24, 2.45) is 10.9 Å². The third-order valence-electron chi connectivity index (χ3n) is 11.3. The van der Waals surface area contributed by atoms with E-state index < -0.39 is 12.0 Å². The molecule has 0 saturated carbocycles. The molecule has 2 heterocycles. The van der Waals surface area contributed by atoms with Crippen LogP contribution in [0, 0.1) is 25.2 Å². The molecular weight excluding hydrogens is 906 g/mol. The van der Waals surface area contributed by atoms with Gasteiger partial charge in [-0.15, -0.1) is 0 Å². The Balaban J connectivity index is 1.22. The zero-order valence-corrected chi connectivity index (χ0v) is 40.4. The van der Waals surface area contributed by atoms with E-state index >= 15 is 0 Å². The van der Waals surface area contributed by atoms with Gasteiger partial charge in [-0.05, 0) is 83.8 Å². The molecule has 356 valence electrons. The molecule has 0 spiro atoms. The van der Waals surface area contributed by atoms with E-state index in [9.17, 15) is 20.1 Å². The average Bonchev–Trinajstić information content (AvgIpc) is 3.32. The molecule has 0 aliphatic heterocycles. The predicted molar refractivity (Wildman–Crippen MR) is 266 cm³/mol. The number of aliphatic carboxylic acids is 1. The maximum absolute atomic E-state index is 12.4. The fourth-order valence-corrected chi connectivity index (χ4v) is 8.31. The van der Waals surface area contributed by atoms with E-state index in [-0.39, 0.29) is 58.5 Å². The number of nitrogens with one attached hydrogen (secondary N) is 1. The Labute approximate surface area is 407 Å². The van der Waals surface area contributed by atoms with Crippen molar-refractivity contribution in [2.45, 2.75) is 79.7 Å². The molecule has 0 saturated heterocycles. The predicted octanol–water partition coefficient (Wildman–Crippen LogP) is 10.2. The number of ether oxygens (including phenoxy) is 4. The van der Waals surface area contributed by atoms with Gasteiger partial charge >= 0.3 is 5.97 Å². The average molecular weight is 963 g/mol. The molecular formula is C53H57Cl2N5O8. The number of aliphatic hydroxyl groups is 2. The lowest BCUT2D eigenvalue weighted by molar-refractivity contribution is -0.144. The Hall–Kier alpha value is -6.35. The van der Waals surface area contributed by atoms with E-state index in [0.29, 0.717) is 56.3 Å². The largest absolute Gasteiger partial charge is 0.488 e. The lowest BCUT2D eigenvalue weighted by Gasteiger charge is -2.31. The van der Waals surface area contributed by atoms with E-state index in [1.54, 1.807) is 62.3 Å². The Bertz CT molecular complexity index is 2730. The van der Waals surface area contributed by atoms with Gasteiger partial charge < -0.3 is 39.7 Å². The molecule has 15 heteroatoms. The molecule has 2 aromatic heterocycles. The zero-order valence-electron chi connectivity index (χ0n) is 38.8. The number of carbonyl (C=O) groups is 1. The minimum absolute atomic E-state index is 0.0585. The number of rotatable bonds is 24. The number of halogens is 2. The van der Waals surface area contributed by atoms with Gasteiger partial charge in [0.1, 0.15) is 55.5 Å². The monoisotopic (exact) mass is 961 g/mol. The SMILES string of the molecule is C/N=C/c1cncc(COc2cc(OCc3cccc(-c4cccc(COc5cc(OCc6cncc(C=N)c6)c(CN(CC(C)C)C(CCO)C(=O)O)cc5Cl)c4C)c3C)c(Cl)cc2CO)c1. The molecule has 4 N–H and O–H groups in total. The summed E-state index contributed by atoms with van der Waals surface area (Å²) in [5, 5.41) is 38.3. The number of hydrogen-bond donors (Lipinski definition) is 4. The number of carboxylic acids is 1. The quantitative estimate of drug-likeness (QED) is 0.0424. The number of carboxylic acid groups (broad SMARTS) is 1. The minimum Gasteiger partial charge on any atom is -0.488 e. The van der Waals surface area contributed by atoms with Crippen LogP contribution in [0.5, 0.6) is 23.0 Å². The van der Waals surface area contributed by atoms with Gasteiger partial charge in [0.2, 0.25) is 0 Å². The van der Waals surface area contributed by atoms with Crippen LogP contribution in [0.4, 0.5) is 0 Å². The van der Waals surface area contributed by atoms with Crippen LogP contribution in [-0.2, 0) is 44.4 Å². The molecule has 0 aliphatic rings. The van der Waals surface area contributed by atoms with Gasteiger partial charge in [0.05, 0.1) is 16.7 Å². The summed E-state index contributed by atoms with van der Waals surface area (Å²) in [6.07, 6.45) is 9.67. The first-order valence-corrected chi connectivity index (χ1v) is 22.9. The first-order chi connectivity index (χ1) is 32.8. The third-order valence-corrected chi connectivity index (χ3v) is 11.9. The molecule has 6 rings (SSSR count).